The van der Waals surface area contributed by atoms with Crippen LogP contribution in [0.2, 0.25) is 0 Å². The molecule has 3 heteroatoms. The monoisotopic (exact) mass is 241 g/mol. The molecule has 0 aliphatic heterocycles. The Morgan fingerprint density at radius 2 is 1.67 bits per heavy atom. The van der Waals surface area contributed by atoms with E-state index >= 15 is 0 Å². The van der Waals surface area contributed by atoms with E-state index in [0.717, 1.165) is 5.75 Å². The number of hydrogen-bond donors (Lipinski definition) is 1. The van der Waals surface area contributed by atoms with Crippen LogP contribution < -0.4 is 5.73 Å². The molecule has 0 bridgehead atoms. The Hall–Kier alpha value is -0.120. The van der Waals surface area contributed by atoms with Gasteiger partial charge in [-0.25, -0.2) is 0 Å². The third kappa shape index (κ3) is 4.49. The van der Waals surface area contributed by atoms with Crippen molar-refractivity contribution in [1.29, 1.82) is 0 Å². The Morgan fingerprint density at radius 1 is 1.13 bits per heavy atom. The smallest absolute Gasteiger partial charge is 0.0273 e. The number of rotatable bonds is 5. The van der Waals surface area contributed by atoms with Crippen LogP contribution in [0.5, 0.6) is 0 Å². The van der Waals surface area contributed by atoms with Crippen LogP contribution in [-0.2, 0) is 0 Å². The minimum atomic E-state index is 0.124. The number of thioether (sulfide) groups is 2. The van der Waals surface area contributed by atoms with E-state index in [2.05, 4.69) is 45.0 Å². The third-order valence-electron chi connectivity index (χ3n) is 2.02. The predicted molar refractivity (Wildman–Crippen MR) is 71.8 cm³/mol. The third-order valence-corrected chi connectivity index (χ3v) is 4.14. The van der Waals surface area contributed by atoms with Gasteiger partial charge in [0.25, 0.3) is 0 Å². The lowest BCUT2D eigenvalue weighted by Gasteiger charge is -2.21. The van der Waals surface area contributed by atoms with Crippen molar-refractivity contribution in [2.24, 2.45) is 5.73 Å². The molecule has 0 atom stereocenters. The molecule has 84 valence electrons. The van der Waals surface area contributed by atoms with Crippen LogP contribution in [0, 0.1) is 0 Å². The highest BCUT2D eigenvalue weighted by Crippen LogP contribution is 2.32. The molecular formula is C12H19NS2. The summed E-state index contributed by atoms with van der Waals surface area (Å²) < 4.78 is 0.124. The number of benzene rings is 1. The lowest BCUT2D eigenvalue weighted by molar-refractivity contribution is 0.723. The van der Waals surface area contributed by atoms with E-state index in [1.54, 1.807) is 0 Å². The van der Waals surface area contributed by atoms with E-state index in [0.29, 0.717) is 6.54 Å². The first-order chi connectivity index (χ1) is 7.07. The average molecular weight is 241 g/mol. The maximum absolute atomic E-state index is 5.71. The molecule has 0 unspecified atom stereocenters. The van der Waals surface area contributed by atoms with E-state index in [-0.39, 0.29) is 4.75 Å². The van der Waals surface area contributed by atoms with Gasteiger partial charge in [0.05, 0.1) is 0 Å². The Balaban J connectivity index is 2.64. The first-order valence-electron chi connectivity index (χ1n) is 5.19. The van der Waals surface area contributed by atoms with E-state index in [9.17, 15) is 0 Å². The van der Waals surface area contributed by atoms with Crippen LogP contribution in [0.25, 0.3) is 0 Å². The van der Waals surface area contributed by atoms with Crippen molar-refractivity contribution in [3.8, 4) is 0 Å². The maximum Gasteiger partial charge on any atom is 0.0273 e. The lowest BCUT2D eigenvalue weighted by atomic mass is 10.2. The molecule has 0 aromatic heterocycles. The van der Waals surface area contributed by atoms with Crippen molar-refractivity contribution in [1.82, 2.24) is 0 Å². The van der Waals surface area contributed by atoms with Gasteiger partial charge in [-0.15, -0.1) is 23.5 Å². The maximum atomic E-state index is 5.71. The van der Waals surface area contributed by atoms with Gasteiger partial charge >= 0.3 is 0 Å². The fourth-order valence-electron chi connectivity index (χ4n) is 1.13. The van der Waals surface area contributed by atoms with Crippen LogP contribution in [0.4, 0.5) is 0 Å². The molecule has 0 heterocycles. The van der Waals surface area contributed by atoms with E-state index in [1.165, 1.54) is 9.79 Å². The molecule has 1 aromatic rings. The molecule has 1 nitrogen and oxygen atoms in total. The highest BCUT2D eigenvalue weighted by molar-refractivity contribution is 8.00. The summed E-state index contributed by atoms with van der Waals surface area (Å²) in [4.78, 5) is 2.64. The van der Waals surface area contributed by atoms with E-state index in [4.69, 9.17) is 5.73 Å². The van der Waals surface area contributed by atoms with Crippen molar-refractivity contribution in [3.05, 3.63) is 24.3 Å². The van der Waals surface area contributed by atoms with Gasteiger partial charge in [0, 0.05) is 21.1 Å². The van der Waals surface area contributed by atoms with Gasteiger partial charge in [0.1, 0.15) is 0 Å². The topological polar surface area (TPSA) is 26.0 Å². The van der Waals surface area contributed by atoms with Gasteiger partial charge < -0.3 is 5.73 Å². The molecule has 1 aromatic carbocycles. The summed E-state index contributed by atoms with van der Waals surface area (Å²) >= 11 is 3.71. The Morgan fingerprint density at radius 3 is 2.13 bits per heavy atom. The van der Waals surface area contributed by atoms with Gasteiger partial charge in [0.15, 0.2) is 0 Å². The Bertz CT molecular complexity index is 293. The minimum Gasteiger partial charge on any atom is -0.329 e. The van der Waals surface area contributed by atoms with Crippen LogP contribution in [0.15, 0.2) is 34.1 Å². The zero-order valence-electron chi connectivity index (χ0n) is 9.62. The minimum absolute atomic E-state index is 0.124. The van der Waals surface area contributed by atoms with Gasteiger partial charge in [-0.1, -0.05) is 6.92 Å². The second-order valence-corrected chi connectivity index (χ2v) is 7.09. The second kappa shape index (κ2) is 5.83. The molecule has 1 rings (SSSR count). The zero-order valence-corrected chi connectivity index (χ0v) is 11.3. The van der Waals surface area contributed by atoms with Gasteiger partial charge in [-0.05, 0) is 43.9 Å². The summed E-state index contributed by atoms with van der Waals surface area (Å²) in [6, 6.07) is 8.73. The van der Waals surface area contributed by atoms with Gasteiger partial charge in [0.2, 0.25) is 0 Å². The molecule has 0 amide bonds. The van der Waals surface area contributed by atoms with E-state index in [1.807, 2.05) is 23.5 Å². The summed E-state index contributed by atoms with van der Waals surface area (Å²) in [6.45, 7) is 7.22. The summed E-state index contributed by atoms with van der Waals surface area (Å²) in [6.07, 6.45) is 0. The van der Waals surface area contributed by atoms with Gasteiger partial charge in [-0.3, -0.25) is 0 Å². The van der Waals surface area contributed by atoms with Crippen LogP contribution in [0.1, 0.15) is 20.8 Å². The molecule has 2 N–H and O–H groups in total. The van der Waals surface area contributed by atoms with Gasteiger partial charge in [-0.2, -0.15) is 0 Å². The quantitative estimate of drug-likeness (QED) is 0.797. The van der Waals surface area contributed by atoms with Crippen LogP contribution in [-0.4, -0.2) is 17.0 Å². The van der Waals surface area contributed by atoms with Crippen molar-refractivity contribution in [2.75, 3.05) is 12.3 Å². The molecule has 0 aliphatic rings. The van der Waals surface area contributed by atoms with Crippen molar-refractivity contribution in [2.45, 2.75) is 35.3 Å². The predicted octanol–water partition coefficient (Wildman–Crippen LogP) is 3.63. The Labute approximate surface area is 101 Å². The summed E-state index contributed by atoms with van der Waals surface area (Å²) in [5.74, 6) is 1.13. The van der Waals surface area contributed by atoms with E-state index < -0.39 is 0 Å². The number of hydrogen-bond acceptors (Lipinski definition) is 3. The average Bonchev–Trinajstić information content (AvgIpc) is 2.21. The molecule has 0 radical (unpaired) electrons. The molecule has 0 aliphatic carbocycles. The lowest BCUT2D eigenvalue weighted by Crippen LogP contribution is -2.26. The molecule has 0 spiro atoms. The Kier molecular flexibility index (Phi) is 5.03. The highest BCUT2D eigenvalue weighted by Gasteiger charge is 2.16. The highest BCUT2D eigenvalue weighted by atomic mass is 32.2. The fraction of sp³-hybridized carbons (Fsp3) is 0.500. The first-order valence-corrected chi connectivity index (χ1v) is 6.99. The largest absolute Gasteiger partial charge is 0.329 e. The van der Waals surface area contributed by atoms with Crippen LogP contribution >= 0.6 is 23.5 Å². The van der Waals surface area contributed by atoms with Crippen LogP contribution in [0.3, 0.4) is 0 Å². The SMILES string of the molecule is CCSc1ccc(SC(C)(C)CN)cc1. The van der Waals surface area contributed by atoms with Crippen molar-refractivity contribution in [3.63, 3.8) is 0 Å². The molecule has 0 saturated carbocycles. The summed E-state index contributed by atoms with van der Waals surface area (Å²) in [5, 5.41) is 0. The summed E-state index contributed by atoms with van der Waals surface area (Å²) in [7, 11) is 0. The standard InChI is InChI=1S/C12H19NS2/c1-4-14-10-5-7-11(8-6-10)15-12(2,3)9-13/h5-8H,4,9,13H2,1-3H3. The molecular weight excluding hydrogens is 222 g/mol. The van der Waals surface area contributed by atoms with Crippen molar-refractivity contribution >= 4 is 23.5 Å². The second-order valence-electron chi connectivity index (χ2n) is 3.97. The molecule has 15 heavy (non-hydrogen) atoms. The van der Waals surface area contributed by atoms with Crippen molar-refractivity contribution < 1.29 is 0 Å². The molecule has 0 saturated heterocycles. The zero-order chi connectivity index (χ0) is 11.3. The number of nitrogens with two attached hydrogens (primary N) is 1. The summed E-state index contributed by atoms with van der Waals surface area (Å²) in [5.41, 5.74) is 5.71. The molecule has 0 fully saturated rings. The fourth-order valence-corrected chi connectivity index (χ4v) is 2.79. The first kappa shape index (κ1) is 12.9. The normalized spacial score (nSPS) is 11.7.